The predicted octanol–water partition coefficient (Wildman–Crippen LogP) is 2.25. The summed E-state index contributed by atoms with van der Waals surface area (Å²) in [6.07, 6.45) is 5.46. The van der Waals surface area contributed by atoms with Crippen LogP contribution in [0.1, 0.15) is 25.7 Å². The third-order valence-electron chi connectivity index (χ3n) is 1.96. The van der Waals surface area contributed by atoms with Crippen molar-refractivity contribution in [2.24, 2.45) is 0 Å². The molecule has 0 spiro atoms. The Morgan fingerprint density at radius 2 is 0.923 bits per heavy atom. The minimum absolute atomic E-state index is 0. The Kier molecular flexibility index (Phi) is 12.8. The fourth-order valence-corrected chi connectivity index (χ4v) is 1.21. The smallest absolute Gasteiger partial charge is 0.00248 e. The van der Waals surface area contributed by atoms with Gasteiger partial charge in [-0.3, -0.25) is 0 Å². The van der Waals surface area contributed by atoms with E-state index in [9.17, 15) is 0 Å². The minimum atomic E-state index is 0. The van der Waals surface area contributed by atoms with Crippen molar-refractivity contribution in [1.82, 2.24) is 9.80 Å². The van der Waals surface area contributed by atoms with Crippen molar-refractivity contribution >= 4 is 17.0 Å². The first-order valence-corrected chi connectivity index (χ1v) is 4.92. The SMILES string of the molecule is Br.CN(C)CCCCCCN(C)C. The van der Waals surface area contributed by atoms with Crippen molar-refractivity contribution in [2.45, 2.75) is 25.7 Å². The Bertz CT molecular complexity index is 82.9. The summed E-state index contributed by atoms with van der Waals surface area (Å²) in [7, 11) is 8.55. The maximum atomic E-state index is 2.26. The molecule has 0 atom stereocenters. The van der Waals surface area contributed by atoms with Crippen molar-refractivity contribution in [3.05, 3.63) is 0 Å². The van der Waals surface area contributed by atoms with E-state index in [1.165, 1.54) is 38.8 Å². The van der Waals surface area contributed by atoms with Crippen LogP contribution < -0.4 is 0 Å². The molecule has 0 N–H and O–H groups in total. The predicted molar refractivity (Wildman–Crippen MR) is 65.9 cm³/mol. The van der Waals surface area contributed by atoms with Crippen LogP contribution in [0.3, 0.4) is 0 Å². The van der Waals surface area contributed by atoms with Gasteiger partial charge in [0.2, 0.25) is 0 Å². The van der Waals surface area contributed by atoms with Gasteiger partial charge in [-0.25, -0.2) is 0 Å². The molecule has 0 saturated carbocycles. The van der Waals surface area contributed by atoms with Crippen LogP contribution >= 0.6 is 17.0 Å². The number of halogens is 1. The lowest BCUT2D eigenvalue weighted by molar-refractivity contribution is 0.370. The van der Waals surface area contributed by atoms with Crippen LogP contribution in [-0.4, -0.2) is 51.1 Å². The monoisotopic (exact) mass is 252 g/mol. The average molecular weight is 253 g/mol. The third kappa shape index (κ3) is 15.2. The Balaban J connectivity index is 0. The van der Waals surface area contributed by atoms with Crippen LogP contribution in [0.25, 0.3) is 0 Å². The van der Waals surface area contributed by atoms with Gasteiger partial charge in [-0.2, -0.15) is 0 Å². The molecule has 0 aliphatic carbocycles. The van der Waals surface area contributed by atoms with Gasteiger partial charge in [-0.1, -0.05) is 12.8 Å². The Hall–Kier alpha value is 0.400. The summed E-state index contributed by atoms with van der Waals surface area (Å²) in [6.45, 7) is 2.48. The summed E-state index contributed by atoms with van der Waals surface area (Å²) < 4.78 is 0. The second-order valence-corrected chi connectivity index (χ2v) is 4.02. The second-order valence-electron chi connectivity index (χ2n) is 4.02. The van der Waals surface area contributed by atoms with E-state index in [2.05, 4.69) is 38.0 Å². The van der Waals surface area contributed by atoms with Crippen LogP contribution in [-0.2, 0) is 0 Å². The first-order valence-electron chi connectivity index (χ1n) is 4.92. The molecule has 0 unspecified atom stereocenters. The number of hydrogen-bond acceptors (Lipinski definition) is 2. The zero-order valence-corrected chi connectivity index (χ0v) is 11.3. The summed E-state index contributed by atoms with van der Waals surface area (Å²) in [6, 6.07) is 0. The molecule has 82 valence electrons. The van der Waals surface area contributed by atoms with Crippen molar-refractivity contribution in [3.63, 3.8) is 0 Å². The molecule has 2 nitrogen and oxygen atoms in total. The number of rotatable bonds is 7. The molecule has 3 heteroatoms. The van der Waals surface area contributed by atoms with Gasteiger partial charge in [-0.05, 0) is 54.1 Å². The lowest BCUT2D eigenvalue weighted by atomic mass is 10.2. The number of hydrogen-bond donors (Lipinski definition) is 0. The van der Waals surface area contributed by atoms with Gasteiger partial charge in [0.25, 0.3) is 0 Å². The molecule has 0 saturated heterocycles. The Morgan fingerprint density at radius 3 is 1.15 bits per heavy atom. The normalized spacial score (nSPS) is 10.6. The Labute approximate surface area is 94.1 Å². The van der Waals surface area contributed by atoms with Gasteiger partial charge in [-0.15, -0.1) is 17.0 Å². The molecule has 0 aromatic carbocycles. The summed E-state index contributed by atoms with van der Waals surface area (Å²) >= 11 is 0. The van der Waals surface area contributed by atoms with Crippen molar-refractivity contribution in [2.75, 3.05) is 41.3 Å². The van der Waals surface area contributed by atoms with E-state index < -0.39 is 0 Å². The van der Waals surface area contributed by atoms with E-state index in [-0.39, 0.29) is 17.0 Å². The first-order chi connectivity index (χ1) is 5.63. The molecule has 0 aromatic rings. The van der Waals surface area contributed by atoms with E-state index >= 15 is 0 Å². The Morgan fingerprint density at radius 1 is 0.615 bits per heavy atom. The highest BCUT2D eigenvalue weighted by molar-refractivity contribution is 8.93. The molecule has 0 aromatic heterocycles. The maximum Gasteiger partial charge on any atom is -0.00248 e. The molecule has 0 bridgehead atoms. The van der Waals surface area contributed by atoms with Crippen LogP contribution in [0, 0.1) is 0 Å². The van der Waals surface area contributed by atoms with Crippen LogP contribution in [0.4, 0.5) is 0 Å². The van der Waals surface area contributed by atoms with Gasteiger partial charge < -0.3 is 9.80 Å². The van der Waals surface area contributed by atoms with E-state index in [4.69, 9.17) is 0 Å². The standard InChI is InChI=1S/C10H24N2.BrH/c1-11(2)9-7-5-6-8-10-12(3)4;/h5-10H2,1-4H3;1H. The lowest BCUT2D eigenvalue weighted by Gasteiger charge is -2.10. The van der Waals surface area contributed by atoms with Crippen LogP contribution in [0.5, 0.6) is 0 Å². The zero-order valence-electron chi connectivity index (χ0n) is 9.55. The fourth-order valence-electron chi connectivity index (χ4n) is 1.21. The molecule has 0 aliphatic heterocycles. The van der Waals surface area contributed by atoms with Gasteiger partial charge >= 0.3 is 0 Å². The van der Waals surface area contributed by atoms with Gasteiger partial charge in [0.05, 0.1) is 0 Å². The number of nitrogens with zero attached hydrogens (tertiary/aromatic N) is 2. The molecule has 0 fully saturated rings. The van der Waals surface area contributed by atoms with Gasteiger partial charge in [0.15, 0.2) is 0 Å². The van der Waals surface area contributed by atoms with E-state index in [1.54, 1.807) is 0 Å². The fraction of sp³-hybridized carbons (Fsp3) is 1.00. The van der Waals surface area contributed by atoms with Gasteiger partial charge in [0, 0.05) is 0 Å². The summed E-state index contributed by atoms with van der Waals surface area (Å²) in [5.74, 6) is 0. The highest BCUT2D eigenvalue weighted by Crippen LogP contribution is 2.00. The average Bonchev–Trinajstić information content (AvgIpc) is 1.95. The molecule has 0 aliphatic rings. The molecular formula is C10H25BrN2. The molecule has 0 rings (SSSR count). The zero-order chi connectivity index (χ0) is 9.40. The summed E-state index contributed by atoms with van der Waals surface area (Å²) in [5, 5.41) is 0. The van der Waals surface area contributed by atoms with E-state index in [0.717, 1.165) is 0 Å². The van der Waals surface area contributed by atoms with Crippen molar-refractivity contribution in [1.29, 1.82) is 0 Å². The molecule has 0 amide bonds. The van der Waals surface area contributed by atoms with E-state index in [1.807, 2.05) is 0 Å². The topological polar surface area (TPSA) is 6.48 Å². The molecule has 0 heterocycles. The highest BCUT2D eigenvalue weighted by atomic mass is 79.9. The van der Waals surface area contributed by atoms with E-state index in [0.29, 0.717) is 0 Å². The van der Waals surface area contributed by atoms with Crippen molar-refractivity contribution in [3.8, 4) is 0 Å². The molecular weight excluding hydrogens is 228 g/mol. The second kappa shape index (κ2) is 10.5. The highest BCUT2D eigenvalue weighted by Gasteiger charge is 1.92. The minimum Gasteiger partial charge on any atom is -0.309 e. The largest absolute Gasteiger partial charge is 0.309 e. The van der Waals surface area contributed by atoms with Crippen molar-refractivity contribution < 1.29 is 0 Å². The van der Waals surface area contributed by atoms with Crippen LogP contribution in [0.15, 0.2) is 0 Å². The molecule has 0 radical (unpaired) electrons. The first kappa shape index (κ1) is 15.9. The van der Waals surface area contributed by atoms with Gasteiger partial charge in [0.1, 0.15) is 0 Å². The lowest BCUT2D eigenvalue weighted by Crippen LogP contribution is -2.14. The quantitative estimate of drug-likeness (QED) is 0.642. The summed E-state index contributed by atoms with van der Waals surface area (Å²) in [4.78, 5) is 4.51. The number of unbranched alkanes of at least 4 members (excludes halogenated alkanes) is 3. The maximum absolute atomic E-state index is 2.26. The molecule has 13 heavy (non-hydrogen) atoms. The third-order valence-corrected chi connectivity index (χ3v) is 1.96. The summed E-state index contributed by atoms with van der Waals surface area (Å²) in [5.41, 5.74) is 0. The van der Waals surface area contributed by atoms with Crippen LogP contribution in [0.2, 0.25) is 0 Å².